The van der Waals surface area contributed by atoms with E-state index in [1.807, 2.05) is 6.26 Å². The average Bonchev–Trinajstić information content (AvgIpc) is 2.42. The van der Waals surface area contributed by atoms with E-state index < -0.39 is 34.0 Å². The molecular weight excluding hydrogens is 316 g/mol. The first kappa shape index (κ1) is 20.2. The quantitative estimate of drug-likeness (QED) is 0.595. The maximum atomic E-state index is 12.4. The van der Waals surface area contributed by atoms with Crippen LogP contribution in [0.4, 0.5) is 0 Å². The maximum Gasteiger partial charge on any atom is 0.326 e. The lowest BCUT2D eigenvalue weighted by Crippen LogP contribution is -2.52. The third-order valence-corrected chi connectivity index (χ3v) is 5.15. The number of carboxylic acid groups (broad SMARTS) is 1. The molecule has 21 heavy (non-hydrogen) atoms. The number of nitrogens with one attached hydrogen (secondary N) is 1. The molecule has 0 bridgehead atoms. The van der Waals surface area contributed by atoms with Crippen LogP contribution in [0.25, 0.3) is 0 Å². The minimum atomic E-state index is -3.53. The second kappa shape index (κ2) is 9.26. The van der Waals surface area contributed by atoms with Crippen molar-refractivity contribution in [1.82, 2.24) is 9.62 Å². The first-order valence-electron chi connectivity index (χ1n) is 6.68. The molecule has 2 atom stereocenters. The molecule has 0 fully saturated rings. The van der Waals surface area contributed by atoms with E-state index >= 15 is 0 Å². The van der Waals surface area contributed by atoms with Crippen molar-refractivity contribution in [2.24, 2.45) is 0 Å². The number of nitrogens with zero attached hydrogens (tertiary/aromatic N) is 1. The van der Waals surface area contributed by atoms with Crippen molar-refractivity contribution in [3.8, 4) is 0 Å². The van der Waals surface area contributed by atoms with E-state index in [9.17, 15) is 18.0 Å². The molecule has 1 amide bonds. The van der Waals surface area contributed by atoms with Crippen LogP contribution in [0.2, 0.25) is 0 Å². The van der Waals surface area contributed by atoms with Gasteiger partial charge in [-0.1, -0.05) is 6.92 Å². The van der Waals surface area contributed by atoms with Crippen molar-refractivity contribution < 1.29 is 23.1 Å². The van der Waals surface area contributed by atoms with Gasteiger partial charge in [-0.15, -0.1) is 0 Å². The van der Waals surface area contributed by atoms with Gasteiger partial charge >= 0.3 is 5.97 Å². The zero-order chi connectivity index (χ0) is 16.6. The van der Waals surface area contributed by atoms with Gasteiger partial charge in [0.05, 0.1) is 5.75 Å². The highest BCUT2D eigenvalue weighted by atomic mass is 32.2. The number of aliphatic carboxylic acids is 1. The lowest BCUT2D eigenvalue weighted by molar-refractivity contribution is -0.149. The van der Waals surface area contributed by atoms with Crippen molar-refractivity contribution >= 4 is 33.7 Å². The molecular formula is C12H24N2O5S2. The summed E-state index contributed by atoms with van der Waals surface area (Å²) >= 11 is 1.49. The van der Waals surface area contributed by atoms with Gasteiger partial charge in [0, 0.05) is 7.05 Å². The minimum absolute atomic E-state index is 0.129. The van der Waals surface area contributed by atoms with Crippen LogP contribution in [-0.2, 0) is 19.6 Å². The van der Waals surface area contributed by atoms with Gasteiger partial charge in [-0.2, -0.15) is 11.8 Å². The lowest BCUT2D eigenvalue weighted by atomic mass is 10.1. The molecule has 0 saturated carbocycles. The van der Waals surface area contributed by atoms with E-state index in [4.69, 9.17) is 5.11 Å². The number of thioether (sulfide) groups is 1. The van der Waals surface area contributed by atoms with Crippen molar-refractivity contribution in [2.75, 3.05) is 24.8 Å². The highest BCUT2D eigenvalue weighted by molar-refractivity contribution is 7.98. The molecule has 124 valence electrons. The van der Waals surface area contributed by atoms with Gasteiger partial charge in [-0.05, 0) is 31.8 Å². The predicted molar refractivity (Wildman–Crippen MR) is 83.9 cm³/mol. The Balaban J connectivity index is 5.13. The number of likely N-dealkylation sites (N-methyl/N-ethyl adjacent to an activating group) is 1. The molecule has 0 spiro atoms. The average molecular weight is 340 g/mol. The summed E-state index contributed by atoms with van der Waals surface area (Å²) < 4.78 is 25.7. The van der Waals surface area contributed by atoms with E-state index in [0.717, 1.165) is 4.90 Å². The normalized spacial score (nSPS) is 14.5. The maximum absolute atomic E-state index is 12.4. The molecule has 0 aliphatic carbocycles. The summed E-state index contributed by atoms with van der Waals surface area (Å²) in [5.41, 5.74) is 0. The van der Waals surface area contributed by atoms with Crippen LogP contribution in [0.3, 0.4) is 0 Å². The largest absolute Gasteiger partial charge is 0.480 e. The van der Waals surface area contributed by atoms with E-state index in [1.165, 1.54) is 25.7 Å². The van der Waals surface area contributed by atoms with Gasteiger partial charge in [0.25, 0.3) is 0 Å². The molecule has 7 nitrogen and oxygen atoms in total. The Bertz CT molecular complexity index is 453. The van der Waals surface area contributed by atoms with Crippen molar-refractivity contribution in [3.63, 3.8) is 0 Å². The van der Waals surface area contributed by atoms with Gasteiger partial charge in [0.2, 0.25) is 15.9 Å². The fraction of sp³-hybridized carbons (Fsp3) is 0.833. The van der Waals surface area contributed by atoms with E-state index in [0.29, 0.717) is 12.2 Å². The van der Waals surface area contributed by atoms with Gasteiger partial charge in [-0.3, -0.25) is 4.79 Å². The highest BCUT2D eigenvalue weighted by Gasteiger charge is 2.31. The Morgan fingerprint density at radius 1 is 1.33 bits per heavy atom. The Morgan fingerprint density at radius 3 is 2.29 bits per heavy atom. The zero-order valence-corrected chi connectivity index (χ0v) is 14.5. The van der Waals surface area contributed by atoms with Gasteiger partial charge in [0.1, 0.15) is 12.1 Å². The number of hydrogen-bond acceptors (Lipinski definition) is 5. The summed E-state index contributed by atoms with van der Waals surface area (Å²) in [4.78, 5) is 24.6. The number of hydrogen-bond donors (Lipinski definition) is 2. The molecule has 0 saturated heterocycles. The van der Waals surface area contributed by atoms with Gasteiger partial charge in [-0.25, -0.2) is 17.9 Å². The third kappa shape index (κ3) is 6.66. The van der Waals surface area contributed by atoms with Crippen LogP contribution in [-0.4, -0.2) is 67.2 Å². The minimum Gasteiger partial charge on any atom is -0.480 e. The SMILES string of the molecule is CCC(C(=O)O)N(C)C(=O)C(CCSC)NS(=O)(=O)CC. The lowest BCUT2D eigenvalue weighted by Gasteiger charge is -2.28. The van der Waals surface area contributed by atoms with Crippen molar-refractivity contribution in [2.45, 2.75) is 38.8 Å². The molecule has 0 radical (unpaired) electrons. The second-order valence-corrected chi connectivity index (χ2v) is 7.59. The Hall–Kier alpha value is -0.800. The molecule has 0 aromatic carbocycles. The monoisotopic (exact) mass is 340 g/mol. The first-order valence-corrected chi connectivity index (χ1v) is 9.73. The second-order valence-electron chi connectivity index (χ2n) is 4.57. The number of amides is 1. The number of sulfonamides is 1. The fourth-order valence-corrected chi connectivity index (χ4v) is 3.07. The summed E-state index contributed by atoms with van der Waals surface area (Å²) in [5, 5.41) is 9.09. The first-order chi connectivity index (χ1) is 9.70. The summed E-state index contributed by atoms with van der Waals surface area (Å²) in [6.45, 7) is 3.14. The zero-order valence-electron chi connectivity index (χ0n) is 12.8. The van der Waals surface area contributed by atoms with E-state index in [-0.39, 0.29) is 12.2 Å². The van der Waals surface area contributed by atoms with Crippen LogP contribution in [0.5, 0.6) is 0 Å². The van der Waals surface area contributed by atoms with E-state index in [1.54, 1.807) is 6.92 Å². The molecule has 0 aliphatic heterocycles. The number of rotatable bonds is 10. The molecule has 0 aromatic heterocycles. The smallest absolute Gasteiger partial charge is 0.326 e. The predicted octanol–water partition coefficient (Wildman–Crippen LogP) is 0.369. The molecule has 0 aromatic rings. The topological polar surface area (TPSA) is 104 Å². The summed E-state index contributed by atoms with van der Waals surface area (Å²) in [7, 11) is -2.15. The molecule has 0 rings (SSSR count). The van der Waals surface area contributed by atoms with Crippen LogP contribution in [0.1, 0.15) is 26.7 Å². The van der Waals surface area contributed by atoms with Crippen LogP contribution in [0.15, 0.2) is 0 Å². The fourth-order valence-electron chi connectivity index (χ4n) is 1.78. The molecule has 0 heterocycles. The molecule has 2 unspecified atom stereocenters. The Labute approximate surface area is 130 Å². The number of carbonyl (C=O) groups excluding carboxylic acids is 1. The van der Waals surface area contributed by atoms with Gasteiger partial charge in [0.15, 0.2) is 0 Å². The van der Waals surface area contributed by atoms with Crippen LogP contribution >= 0.6 is 11.8 Å². The molecule has 9 heteroatoms. The Kier molecular flexibility index (Phi) is 8.91. The van der Waals surface area contributed by atoms with Crippen LogP contribution < -0.4 is 4.72 Å². The third-order valence-electron chi connectivity index (χ3n) is 3.10. The van der Waals surface area contributed by atoms with Gasteiger partial charge < -0.3 is 10.0 Å². The number of carbonyl (C=O) groups is 2. The van der Waals surface area contributed by atoms with Crippen LogP contribution in [0, 0.1) is 0 Å². The highest BCUT2D eigenvalue weighted by Crippen LogP contribution is 2.10. The number of carboxylic acids is 1. The Morgan fingerprint density at radius 2 is 1.90 bits per heavy atom. The van der Waals surface area contributed by atoms with Crippen molar-refractivity contribution in [3.05, 3.63) is 0 Å². The van der Waals surface area contributed by atoms with E-state index in [2.05, 4.69) is 4.72 Å². The summed E-state index contributed by atoms with van der Waals surface area (Å²) in [5.74, 6) is -1.15. The summed E-state index contributed by atoms with van der Waals surface area (Å²) in [6.07, 6.45) is 2.43. The summed E-state index contributed by atoms with van der Waals surface area (Å²) in [6, 6.07) is -1.89. The standard InChI is InChI=1S/C12H24N2O5S2/c1-5-10(12(16)17)14(3)11(15)9(7-8-20-4)13-21(18,19)6-2/h9-10,13H,5-8H2,1-4H3,(H,16,17). The molecule has 0 aliphatic rings. The van der Waals surface area contributed by atoms with Crippen molar-refractivity contribution in [1.29, 1.82) is 0 Å². The molecule has 2 N–H and O–H groups in total.